The molecule has 75 heavy (non-hydrogen) atoms. The van der Waals surface area contributed by atoms with Crippen molar-refractivity contribution in [3.05, 3.63) is 136 Å². The number of aryl methyl sites for hydroxylation is 3. The third-order valence-corrected chi connectivity index (χ3v) is 18.6. The number of aromatic hydroxyl groups is 1. The van der Waals surface area contributed by atoms with Gasteiger partial charge in [-0.25, -0.2) is 14.2 Å². The minimum atomic E-state index is -1.46. The zero-order chi connectivity index (χ0) is 53.3. The average Bonchev–Trinajstić information content (AvgIpc) is 3.72. The van der Waals surface area contributed by atoms with Gasteiger partial charge in [0, 0.05) is 101 Å². The van der Waals surface area contributed by atoms with E-state index in [1.807, 2.05) is 6.07 Å². The molecule has 0 aliphatic carbocycles. The van der Waals surface area contributed by atoms with Gasteiger partial charge in [-0.15, -0.1) is 0 Å². The Labute approximate surface area is 471 Å². The first-order chi connectivity index (χ1) is 35.9. The SMILES string of the molecule is CCC(=O)O.O=C([O-])c1c(Cl)c(Cl)c(Cl)c(Cl)c1C1=c2cc3c4c(c2Oc2c1cc1c5c2CCCN5CCC1)CCC[N+]=4CCC3.O=C1OC(=O)c2c(Cl)c(Cl)c(Cl)c(Cl)c21.Oc1ccc2c3c1CCCN3CCC2. The summed E-state index contributed by atoms with van der Waals surface area (Å²) >= 11 is 49.5. The molecule has 0 radical (unpaired) electrons. The number of nitrogens with zero attached hydrogens (tertiary/aromatic N) is 3. The summed E-state index contributed by atoms with van der Waals surface area (Å²) in [5, 5.41) is 31.7. The van der Waals surface area contributed by atoms with Crippen LogP contribution < -0.4 is 34.8 Å². The number of phenolic OH excluding ortho intramolecular Hbond substituents is 1. The Balaban J connectivity index is 0.000000153. The molecule has 0 saturated carbocycles. The molecule has 2 N–H and O–H groups in total. The van der Waals surface area contributed by atoms with Gasteiger partial charge in [-0.1, -0.05) is 106 Å². The van der Waals surface area contributed by atoms with E-state index in [0.717, 1.165) is 106 Å². The molecule has 392 valence electrons. The molecule has 8 aliphatic rings. The molecular weight excluding hydrogens is 1130 g/mol. The Kier molecular flexibility index (Phi) is 15.5. The summed E-state index contributed by atoms with van der Waals surface area (Å²) in [7, 11) is 0. The van der Waals surface area contributed by atoms with E-state index in [-0.39, 0.29) is 68.9 Å². The number of phenols is 1. The molecule has 0 bridgehead atoms. The number of carboxylic acids is 2. The van der Waals surface area contributed by atoms with Gasteiger partial charge in [0.1, 0.15) is 30.3 Å². The first kappa shape index (κ1) is 53.8. The number of hydrogen-bond donors (Lipinski definition) is 2. The number of hydrogen-bond acceptors (Lipinski definition) is 10. The van der Waals surface area contributed by atoms with Crippen LogP contribution in [0.25, 0.3) is 5.57 Å². The highest BCUT2D eigenvalue weighted by Crippen LogP contribution is 2.52. The van der Waals surface area contributed by atoms with E-state index in [2.05, 4.69) is 37.3 Å². The summed E-state index contributed by atoms with van der Waals surface area (Å²) in [6, 6.07) is 8.30. The number of carbonyl (C=O) groups is 4. The summed E-state index contributed by atoms with van der Waals surface area (Å²) in [6.07, 6.45) is 12.8. The number of fused-ring (bicyclic) bond motifs is 5. The fraction of sp³-hybridized carbons (Fsp3) is 0.364. The van der Waals surface area contributed by atoms with Crippen LogP contribution in [-0.2, 0) is 48.1 Å². The molecule has 20 heteroatoms. The molecule has 5 aromatic rings. The highest BCUT2D eigenvalue weighted by molar-refractivity contribution is 6.55. The van der Waals surface area contributed by atoms with Gasteiger partial charge in [0.25, 0.3) is 0 Å². The third kappa shape index (κ3) is 9.47. The number of aliphatic carboxylic acids is 1. The molecule has 0 fully saturated rings. The molecule has 8 aliphatic heterocycles. The lowest BCUT2D eigenvalue weighted by Gasteiger charge is -2.39. The highest BCUT2D eigenvalue weighted by Gasteiger charge is 2.40. The molecule has 8 heterocycles. The van der Waals surface area contributed by atoms with Crippen LogP contribution in [0.1, 0.15) is 127 Å². The molecule has 13 rings (SSSR count). The van der Waals surface area contributed by atoms with Crippen molar-refractivity contribution in [2.45, 2.75) is 90.4 Å². The van der Waals surface area contributed by atoms with Gasteiger partial charge >= 0.3 is 17.9 Å². The topological polar surface area (TPSA) is 160 Å². The van der Waals surface area contributed by atoms with Crippen molar-refractivity contribution < 1.29 is 44.0 Å². The minimum Gasteiger partial charge on any atom is -0.545 e. The largest absolute Gasteiger partial charge is 0.545 e. The second-order valence-electron chi connectivity index (χ2n) is 19.3. The highest BCUT2D eigenvalue weighted by atomic mass is 35.5. The van der Waals surface area contributed by atoms with Crippen molar-refractivity contribution in [2.75, 3.05) is 49.1 Å². The van der Waals surface area contributed by atoms with Gasteiger partial charge in [0.15, 0.2) is 0 Å². The van der Waals surface area contributed by atoms with Crippen molar-refractivity contribution in [2.24, 2.45) is 0 Å². The first-order valence-corrected chi connectivity index (χ1v) is 27.9. The van der Waals surface area contributed by atoms with Crippen LogP contribution in [0.4, 0.5) is 11.4 Å². The molecular formula is C55H47Cl8N3O9. The lowest BCUT2D eigenvalue weighted by atomic mass is 9.81. The number of carboxylic acid groups (broad SMARTS) is 2. The Bertz CT molecular complexity index is 3420. The van der Waals surface area contributed by atoms with Crippen LogP contribution in [-0.4, -0.2) is 73.4 Å². The number of rotatable bonds is 3. The zero-order valence-corrected chi connectivity index (χ0v) is 46.4. The van der Waals surface area contributed by atoms with E-state index in [1.165, 1.54) is 82.5 Å². The third-order valence-electron chi connectivity index (χ3n) is 15.0. The van der Waals surface area contributed by atoms with Crippen LogP contribution in [0.5, 0.6) is 17.2 Å². The van der Waals surface area contributed by atoms with Gasteiger partial charge < -0.3 is 39.4 Å². The number of halogens is 8. The monoisotopic (exact) mass is 1170 g/mol. The molecule has 0 aromatic heterocycles. The van der Waals surface area contributed by atoms with Crippen molar-refractivity contribution in [1.29, 1.82) is 0 Å². The maximum atomic E-state index is 12.7. The fourth-order valence-corrected chi connectivity index (χ4v) is 13.8. The second kappa shape index (κ2) is 21.7. The number of cyclic esters (lactones) is 2. The van der Waals surface area contributed by atoms with E-state index in [1.54, 1.807) is 6.92 Å². The van der Waals surface area contributed by atoms with Gasteiger partial charge in [-0.3, -0.25) is 4.79 Å². The molecule has 5 aromatic carbocycles. The quantitative estimate of drug-likeness (QED) is 0.0571. The van der Waals surface area contributed by atoms with Crippen molar-refractivity contribution in [1.82, 2.24) is 4.58 Å². The van der Waals surface area contributed by atoms with Crippen molar-refractivity contribution in [3.8, 4) is 17.2 Å². The maximum absolute atomic E-state index is 12.7. The number of esters is 2. The Hall–Kier alpha value is -4.63. The van der Waals surface area contributed by atoms with Gasteiger partial charge in [0.2, 0.25) is 5.36 Å². The number of ether oxygens (including phenoxy) is 2. The average molecular weight is 1180 g/mol. The predicted molar refractivity (Wildman–Crippen MR) is 292 cm³/mol. The lowest BCUT2D eigenvalue weighted by molar-refractivity contribution is -0.255. The predicted octanol–water partition coefficient (Wildman–Crippen LogP) is 11.3. The van der Waals surface area contributed by atoms with E-state index >= 15 is 0 Å². The molecule has 0 atom stereocenters. The van der Waals surface area contributed by atoms with E-state index in [4.69, 9.17) is 103 Å². The Morgan fingerprint density at radius 2 is 1.09 bits per heavy atom. The van der Waals surface area contributed by atoms with E-state index in [0.29, 0.717) is 11.3 Å². The molecule has 0 saturated heterocycles. The van der Waals surface area contributed by atoms with Crippen LogP contribution in [0, 0.1) is 0 Å². The summed E-state index contributed by atoms with van der Waals surface area (Å²) in [5.74, 6) is -1.89. The number of aromatic carboxylic acids is 1. The smallest absolute Gasteiger partial charge is 0.348 e. The molecule has 12 nitrogen and oxygen atoms in total. The number of carbonyl (C=O) groups excluding carboxylic acids is 3. The normalized spacial score (nSPS) is 16.9. The Morgan fingerprint density at radius 3 is 1.68 bits per heavy atom. The number of benzene rings is 5. The minimum absolute atomic E-state index is 0.0244. The van der Waals surface area contributed by atoms with Crippen molar-refractivity contribution in [3.63, 3.8) is 0 Å². The zero-order valence-electron chi connectivity index (χ0n) is 40.4. The molecule has 0 amide bonds. The summed E-state index contributed by atoms with van der Waals surface area (Å²) in [6.45, 7) is 8.06. The Morgan fingerprint density at radius 1 is 0.600 bits per heavy atom. The van der Waals surface area contributed by atoms with Crippen LogP contribution >= 0.6 is 92.8 Å². The summed E-state index contributed by atoms with van der Waals surface area (Å²) in [5.41, 5.74) is 11.3. The standard InChI is InChI=1S/C32H26Cl4N2O3.C12H15NO.C8Cl4O3.C3H6O2/c33-24-22(23(32(39)40)25(34)27(36)26(24)35)21-19-13-15-5-1-9-37-11-3-7-17(28(15)37)30(19)41-31-18-8-4-12-38-10-2-6-16(29(18)38)14-20(21)31;14-11-6-5-9-3-1-7-13-8-2-4-10(11)12(9)13;9-3-1-2(8(14)15-7(1)13)4(10)6(12)5(3)11;1-2-3(4)5/h13-14H,1-12H2;5-6,14H,1-4,7-8H2;;2H2,1H3,(H,4,5). The number of anilines is 2. The van der Waals surface area contributed by atoms with Gasteiger partial charge in [0.05, 0.1) is 62.8 Å². The molecule has 0 unspecified atom stereocenters. The maximum Gasteiger partial charge on any atom is 0.348 e. The van der Waals surface area contributed by atoms with E-state index < -0.39 is 23.9 Å². The van der Waals surface area contributed by atoms with E-state index in [9.17, 15) is 29.4 Å². The summed E-state index contributed by atoms with van der Waals surface area (Å²) in [4.78, 5) is 49.5. The fourth-order valence-electron chi connectivity index (χ4n) is 11.8. The lowest BCUT2D eigenvalue weighted by Crippen LogP contribution is -2.45. The van der Waals surface area contributed by atoms with Crippen LogP contribution in [0.3, 0.4) is 0 Å². The second-order valence-corrected chi connectivity index (χ2v) is 22.4. The first-order valence-electron chi connectivity index (χ1n) is 24.9. The van der Waals surface area contributed by atoms with Crippen LogP contribution in [0.2, 0.25) is 40.2 Å². The van der Waals surface area contributed by atoms with Crippen LogP contribution in [0.15, 0.2) is 24.3 Å². The van der Waals surface area contributed by atoms with Gasteiger partial charge in [-0.2, -0.15) is 0 Å². The summed E-state index contributed by atoms with van der Waals surface area (Å²) < 4.78 is 13.8. The van der Waals surface area contributed by atoms with Gasteiger partial charge in [-0.05, 0) is 93.5 Å². The van der Waals surface area contributed by atoms with Crippen molar-refractivity contribution >= 4 is 134 Å². The molecule has 0 spiro atoms.